The molecule has 0 saturated heterocycles. The number of aromatic nitrogens is 2. The molecule has 142 valence electrons. The number of hydrogen-bond acceptors (Lipinski definition) is 3. The Bertz CT molecular complexity index is 913. The molecule has 1 heterocycles. The highest BCUT2D eigenvalue weighted by molar-refractivity contribution is 5.91. The van der Waals surface area contributed by atoms with Crippen molar-refractivity contribution in [3.63, 3.8) is 0 Å². The molecule has 3 N–H and O–H groups in total. The minimum atomic E-state index is -0.532. The van der Waals surface area contributed by atoms with Crippen LogP contribution in [0.3, 0.4) is 0 Å². The second kappa shape index (κ2) is 5.83. The van der Waals surface area contributed by atoms with Crippen LogP contribution in [0.5, 0.6) is 0 Å². The SMILES string of the molecule is O=C(CC12CC3CC(CC(O)(C3)C1)C2)Nc1ccc(-n2cc[nH]c2=O)cc1. The number of amides is 1. The van der Waals surface area contributed by atoms with E-state index in [-0.39, 0.29) is 17.0 Å². The fraction of sp³-hybridized carbons (Fsp3) is 0.524. The van der Waals surface area contributed by atoms with E-state index in [1.54, 1.807) is 12.4 Å². The first kappa shape index (κ1) is 16.8. The number of carbonyl (C=O) groups excluding carboxylic acids is 1. The van der Waals surface area contributed by atoms with Crippen molar-refractivity contribution in [2.45, 2.75) is 50.5 Å². The van der Waals surface area contributed by atoms with Gasteiger partial charge < -0.3 is 15.4 Å². The lowest BCUT2D eigenvalue weighted by molar-refractivity contribution is -0.167. The molecule has 6 rings (SSSR count). The number of carbonyl (C=O) groups is 1. The summed E-state index contributed by atoms with van der Waals surface area (Å²) in [7, 11) is 0. The molecule has 1 aromatic heterocycles. The van der Waals surface area contributed by atoms with Crippen molar-refractivity contribution in [2.24, 2.45) is 17.3 Å². The van der Waals surface area contributed by atoms with Gasteiger partial charge in [-0.3, -0.25) is 9.36 Å². The monoisotopic (exact) mass is 367 g/mol. The van der Waals surface area contributed by atoms with Crippen LogP contribution >= 0.6 is 0 Å². The Morgan fingerprint density at radius 1 is 1.19 bits per heavy atom. The molecule has 2 unspecified atom stereocenters. The Morgan fingerprint density at radius 2 is 1.89 bits per heavy atom. The zero-order valence-electron chi connectivity index (χ0n) is 15.3. The van der Waals surface area contributed by atoms with E-state index in [0.717, 1.165) is 43.5 Å². The number of H-pyrrole nitrogens is 1. The van der Waals surface area contributed by atoms with Gasteiger partial charge in [0.15, 0.2) is 0 Å². The fourth-order valence-electron chi connectivity index (χ4n) is 6.38. The zero-order valence-corrected chi connectivity index (χ0v) is 15.3. The highest BCUT2D eigenvalue weighted by atomic mass is 16.3. The molecule has 4 fully saturated rings. The van der Waals surface area contributed by atoms with E-state index in [2.05, 4.69) is 10.3 Å². The Kier molecular flexibility index (Phi) is 3.63. The summed E-state index contributed by atoms with van der Waals surface area (Å²) < 4.78 is 1.52. The number of nitrogens with one attached hydrogen (secondary N) is 2. The van der Waals surface area contributed by atoms with Gasteiger partial charge in [-0.15, -0.1) is 0 Å². The number of nitrogens with zero attached hydrogens (tertiary/aromatic N) is 1. The van der Waals surface area contributed by atoms with Crippen LogP contribution in [0.1, 0.15) is 44.9 Å². The van der Waals surface area contributed by atoms with Crippen molar-refractivity contribution in [1.82, 2.24) is 9.55 Å². The van der Waals surface area contributed by atoms with Crippen LogP contribution in [0.2, 0.25) is 0 Å². The lowest BCUT2D eigenvalue weighted by Crippen LogP contribution is -2.56. The molecule has 0 spiro atoms. The predicted octanol–water partition coefficient (Wildman–Crippen LogP) is 2.83. The predicted molar refractivity (Wildman–Crippen MR) is 102 cm³/mol. The van der Waals surface area contributed by atoms with Gasteiger partial charge in [0.2, 0.25) is 5.91 Å². The molecular weight excluding hydrogens is 342 g/mol. The van der Waals surface area contributed by atoms with Crippen molar-refractivity contribution < 1.29 is 9.90 Å². The van der Waals surface area contributed by atoms with Gasteiger partial charge >= 0.3 is 5.69 Å². The number of rotatable bonds is 4. The van der Waals surface area contributed by atoms with Crippen molar-refractivity contribution in [2.75, 3.05) is 5.32 Å². The lowest BCUT2D eigenvalue weighted by atomic mass is 9.47. The molecule has 4 aliphatic carbocycles. The fourth-order valence-corrected chi connectivity index (χ4v) is 6.38. The van der Waals surface area contributed by atoms with Gasteiger partial charge in [0, 0.05) is 24.5 Å². The van der Waals surface area contributed by atoms with Crippen LogP contribution in [0.4, 0.5) is 5.69 Å². The number of benzene rings is 1. The summed E-state index contributed by atoms with van der Waals surface area (Å²) in [5.41, 5.74) is 0.738. The van der Waals surface area contributed by atoms with Gasteiger partial charge in [-0.1, -0.05) is 0 Å². The first-order valence-electron chi connectivity index (χ1n) is 9.81. The largest absolute Gasteiger partial charge is 0.390 e. The van der Waals surface area contributed by atoms with Gasteiger partial charge in [0.1, 0.15) is 0 Å². The third-order valence-corrected chi connectivity index (χ3v) is 6.77. The quantitative estimate of drug-likeness (QED) is 0.776. The van der Waals surface area contributed by atoms with E-state index in [4.69, 9.17) is 0 Å². The van der Waals surface area contributed by atoms with Gasteiger partial charge in [-0.05, 0) is 80.0 Å². The summed E-state index contributed by atoms with van der Waals surface area (Å²) in [5, 5.41) is 13.9. The first-order valence-corrected chi connectivity index (χ1v) is 9.81. The van der Waals surface area contributed by atoms with Gasteiger partial charge in [0.05, 0.1) is 11.3 Å². The Hall–Kier alpha value is -2.34. The van der Waals surface area contributed by atoms with E-state index in [1.165, 1.54) is 11.0 Å². The van der Waals surface area contributed by atoms with Crippen molar-refractivity contribution in [3.8, 4) is 5.69 Å². The highest BCUT2D eigenvalue weighted by Crippen LogP contribution is 2.62. The second-order valence-corrected chi connectivity index (χ2v) is 9.09. The van der Waals surface area contributed by atoms with Crippen LogP contribution < -0.4 is 11.0 Å². The Morgan fingerprint density at radius 3 is 2.48 bits per heavy atom. The Labute approximate surface area is 157 Å². The van der Waals surface area contributed by atoms with E-state index in [0.29, 0.717) is 18.3 Å². The molecule has 2 aromatic rings. The smallest absolute Gasteiger partial charge is 0.330 e. The molecule has 1 aromatic carbocycles. The summed E-state index contributed by atoms with van der Waals surface area (Å²) in [6.45, 7) is 0. The standard InChI is InChI=1S/C21H25N3O3/c25-18(12-20-8-14-7-15(9-20)11-21(27,10-14)13-20)23-16-1-3-17(4-2-16)24-6-5-22-19(24)26/h1-6,14-15,27H,7-13H2,(H,22,26)(H,23,25). The maximum atomic E-state index is 12.7. The average molecular weight is 367 g/mol. The molecule has 4 aliphatic rings. The van der Waals surface area contributed by atoms with Crippen LogP contribution in [0, 0.1) is 17.3 Å². The lowest BCUT2D eigenvalue weighted by Gasteiger charge is -2.60. The first-order chi connectivity index (χ1) is 12.9. The third-order valence-electron chi connectivity index (χ3n) is 6.77. The normalized spacial score (nSPS) is 34.0. The average Bonchev–Trinajstić information content (AvgIpc) is 2.98. The van der Waals surface area contributed by atoms with E-state index in [1.807, 2.05) is 24.3 Å². The summed E-state index contributed by atoms with van der Waals surface area (Å²) in [6.07, 6.45) is 9.76. The molecule has 6 nitrogen and oxygen atoms in total. The molecular formula is C21H25N3O3. The number of imidazole rings is 1. The zero-order chi connectivity index (χ0) is 18.6. The molecule has 0 aliphatic heterocycles. The van der Waals surface area contributed by atoms with Crippen LogP contribution in [0.25, 0.3) is 5.69 Å². The number of aliphatic hydroxyl groups is 1. The summed E-state index contributed by atoms with van der Waals surface area (Å²) in [4.78, 5) is 27.0. The molecule has 6 heteroatoms. The molecule has 1 amide bonds. The highest BCUT2D eigenvalue weighted by Gasteiger charge is 2.57. The van der Waals surface area contributed by atoms with Crippen LogP contribution in [0.15, 0.2) is 41.5 Å². The molecule has 27 heavy (non-hydrogen) atoms. The minimum Gasteiger partial charge on any atom is -0.390 e. The van der Waals surface area contributed by atoms with E-state index < -0.39 is 5.60 Å². The van der Waals surface area contributed by atoms with Gasteiger partial charge in [0.25, 0.3) is 0 Å². The molecule has 0 radical (unpaired) electrons. The van der Waals surface area contributed by atoms with E-state index in [9.17, 15) is 14.7 Å². The number of hydrogen-bond donors (Lipinski definition) is 3. The summed E-state index contributed by atoms with van der Waals surface area (Å²) >= 11 is 0. The molecule has 4 saturated carbocycles. The van der Waals surface area contributed by atoms with Crippen molar-refractivity contribution in [3.05, 3.63) is 47.1 Å². The van der Waals surface area contributed by atoms with Crippen molar-refractivity contribution >= 4 is 11.6 Å². The second-order valence-electron chi connectivity index (χ2n) is 9.09. The van der Waals surface area contributed by atoms with Crippen molar-refractivity contribution in [1.29, 1.82) is 0 Å². The maximum Gasteiger partial charge on any atom is 0.330 e. The number of anilines is 1. The summed E-state index contributed by atoms with van der Waals surface area (Å²) in [5.74, 6) is 1.19. The Balaban J connectivity index is 1.27. The van der Waals surface area contributed by atoms with Crippen LogP contribution in [-0.4, -0.2) is 26.2 Å². The van der Waals surface area contributed by atoms with Gasteiger partial charge in [-0.25, -0.2) is 4.79 Å². The number of aromatic amines is 1. The van der Waals surface area contributed by atoms with Gasteiger partial charge in [-0.2, -0.15) is 0 Å². The van der Waals surface area contributed by atoms with Crippen LogP contribution in [-0.2, 0) is 4.79 Å². The maximum absolute atomic E-state index is 12.7. The third kappa shape index (κ3) is 3.02. The van der Waals surface area contributed by atoms with E-state index >= 15 is 0 Å². The topological polar surface area (TPSA) is 87.1 Å². The summed E-state index contributed by atoms with van der Waals surface area (Å²) in [6, 6.07) is 7.27. The molecule has 2 atom stereocenters. The minimum absolute atomic E-state index is 0.0205. The molecule has 4 bridgehead atoms.